The first-order chi connectivity index (χ1) is 17.5. The molecule has 1 aliphatic heterocycles. The van der Waals surface area contributed by atoms with Crippen LogP contribution in [-0.4, -0.2) is 74.9 Å². The maximum atomic E-state index is 13.1. The summed E-state index contributed by atoms with van der Waals surface area (Å²) in [6.45, 7) is 3.75. The highest BCUT2D eigenvalue weighted by Gasteiger charge is 2.34. The highest BCUT2D eigenvalue weighted by atomic mass is 32.2. The van der Waals surface area contributed by atoms with Gasteiger partial charge in [0, 0.05) is 31.6 Å². The van der Waals surface area contributed by atoms with Crippen molar-refractivity contribution in [2.24, 2.45) is 5.92 Å². The molecule has 0 spiro atoms. The van der Waals surface area contributed by atoms with Crippen LogP contribution in [0.5, 0.6) is 5.75 Å². The van der Waals surface area contributed by atoms with Crippen molar-refractivity contribution < 1.29 is 18.7 Å². The monoisotopic (exact) mass is 509 g/mol. The number of piperazine rings is 1. The fourth-order valence-corrected chi connectivity index (χ4v) is 5.88. The molecular formula is C26H31N5O4S. The molecule has 1 unspecified atom stereocenters. The number of thioether (sulfide) groups is 1. The zero-order valence-electron chi connectivity index (χ0n) is 20.6. The van der Waals surface area contributed by atoms with E-state index < -0.39 is 0 Å². The first kappa shape index (κ1) is 24.4. The Morgan fingerprint density at radius 2 is 1.89 bits per heavy atom. The van der Waals surface area contributed by atoms with Crippen molar-refractivity contribution in [3.05, 3.63) is 42.7 Å². The zero-order valence-corrected chi connectivity index (χ0v) is 21.4. The lowest BCUT2D eigenvalue weighted by molar-refractivity contribution is -0.144. The molecule has 3 aromatic rings. The van der Waals surface area contributed by atoms with Crippen LogP contribution in [0, 0.1) is 5.92 Å². The number of benzene rings is 1. The molecule has 2 aliphatic rings. The number of carbonyl (C=O) groups excluding carboxylic acids is 2. The highest BCUT2D eigenvalue weighted by Crippen LogP contribution is 2.30. The molecule has 0 radical (unpaired) electrons. The third-order valence-electron chi connectivity index (χ3n) is 7.00. The molecule has 9 nitrogen and oxygen atoms in total. The standard InChI is InChI=1S/C26H31N5O4S/c1-18-16-29(13-14-30(18)25(33)19-6-3-4-7-19)23(32)17-36-26-28-27-24(22-8-5-15-35-22)31(26)20-9-11-21(34-2)12-10-20/h5,8-12,15,18-19H,3-4,6-7,13-14,16-17H2,1-2H3. The summed E-state index contributed by atoms with van der Waals surface area (Å²) in [5, 5.41) is 9.31. The van der Waals surface area contributed by atoms with E-state index in [1.165, 1.54) is 11.8 Å². The van der Waals surface area contributed by atoms with Crippen LogP contribution in [0.15, 0.2) is 52.2 Å². The number of nitrogens with zero attached hydrogens (tertiary/aromatic N) is 5. The summed E-state index contributed by atoms with van der Waals surface area (Å²) in [5.74, 6) is 2.59. The van der Waals surface area contributed by atoms with Crippen LogP contribution in [-0.2, 0) is 9.59 Å². The summed E-state index contributed by atoms with van der Waals surface area (Å²) in [6.07, 6.45) is 5.87. The third-order valence-corrected chi connectivity index (χ3v) is 7.91. The molecule has 1 saturated carbocycles. The Hall–Kier alpha value is -3.27. The van der Waals surface area contributed by atoms with E-state index in [1.807, 2.05) is 51.6 Å². The van der Waals surface area contributed by atoms with Crippen molar-refractivity contribution in [3.63, 3.8) is 0 Å². The molecule has 36 heavy (non-hydrogen) atoms. The summed E-state index contributed by atoms with van der Waals surface area (Å²) < 4.78 is 12.7. The molecule has 1 aromatic carbocycles. The summed E-state index contributed by atoms with van der Waals surface area (Å²) in [4.78, 5) is 29.9. The number of hydrogen-bond acceptors (Lipinski definition) is 7. The number of rotatable bonds is 7. The maximum absolute atomic E-state index is 13.1. The van der Waals surface area contributed by atoms with Gasteiger partial charge in [-0.1, -0.05) is 24.6 Å². The van der Waals surface area contributed by atoms with Crippen LogP contribution in [0.1, 0.15) is 32.6 Å². The van der Waals surface area contributed by atoms with Gasteiger partial charge in [-0.15, -0.1) is 10.2 Å². The maximum Gasteiger partial charge on any atom is 0.233 e. The van der Waals surface area contributed by atoms with E-state index in [1.54, 1.807) is 19.4 Å². The molecule has 1 atom stereocenters. The average Bonchev–Trinajstić information content (AvgIpc) is 3.68. The summed E-state index contributed by atoms with van der Waals surface area (Å²) >= 11 is 1.35. The van der Waals surface area contributed by atoms with Crippen LogP contribution < -0.4 is 4.74 Å². The van der Waals surface area contributed by atoms with Crippen molar-refractivity contribution >= 4 is 23.6 Å². The normalized spacial score (nSPS) is 18.6. The minimum atomic E-state index is 0.0225. The Kier molecular flexibility index (Phi) is 7.31. The van der Waals surface area contributed by atoms with Gasteiger partial charge in [-0.2, -0.15) is 0 Å². The van der Waals surface area contributed by atoms with E-state index in [0.717, 1.165) is 37.1 Å². The largest absolute Gasteiger partial charge is 0.497 e. The van der Waals surface area contributed by atoms with Gasteiger partial charge in [0.05, 0.1) is 24.8 Å². The lowest BCUT2D eigenvalue weighted by Gasteiger charge is -2.41. The molecule has 2 fully saturated rings. The number of hydrogen-bond donors (Lipinski definition) is 0. The van der Waals surface area contributed by atoms with Gasteiger partial charge in [0.2, 0.25) is 17.6 Å². The molecule has 3 heterocycles. The lowest BCUT2D eigenvalue weighted by atomic mass is 10.0. The molecule has 1 saturated heterocycles. The number of furan rings is 1. The molecule has 190 valence electrons. The minimum absolute atomic E-state index is 0.0225. The van der Waals surface area contributed by atoms with E-state index in [9.17, 15) is 9.59 Å². The van der Waals surface area contributed by atoms with Crippen molar-refractivity contribution in [2.45, 2.75) is 43.8 Å². The predicted molar refractivity (Wildman–Crippen MR) is 136 cm³/mol. The first-order valence-corrected chi connectivity index (χ1v) is 13.4. The smallest absolute Gasteiger partial charge is 0.233 e. The quantitative estimate of drug-likeness (QED) is 0.446. The van der Waals surface area contributed by atoms with E-state index in [2.05, 4.69) is 10.2 Å². The molecule has 2 amide bonds. The Balaban J connectivity index is 1.27. The van der Waals surface area contributed by atoms with Gasteiger partial charge in [-0.05, 0) is 56.2 Å². The molecule has 2 aromatic heterocycles. The number of amides is 2. The Morgan fingerprint density at radius 3 is 2.56 bits per heavy atom. The third kappa shape index (κ3) is 5.00. The number of carbonyl (C=O) groups is 2. The van der Waals surface area contributed by atoms with Crippen molar-refractivity contribution in [2.75, 3.05) is 32.5 Å². The first-order valence-electron chi connectivity index (χ1n) is 12.4. The van der Waals surface area contributed by atoms with Crippen LogP contribution in [0.2, 0.25) is 0 Å². The van der Waals surface area contributed by atoms with Crippen molar-refractivity contribution in [1.29, 1.82) is 0 Å². The van der Waals surface area contributed by atoms with Gasteiger partial charge >= 0.3 is 0 Å². The Morgan fingerprint density at radius 1 is 1.11 bits per heavy atom. The van der Waals surface area contributed by atoms with Gasteiger partial charge in [-0.25, -0.2) is 0 Å². The van der Waals surface area contributed by atoms with Crippen LogP contribution in [0.3, 0.4) is 0 Å². The van der Waals surface area contributed by atoms with E-state index in [-0.39, 0.29) is 29.5 Å². The number of ether oxygens (including phenoxy) is 1. The Labute approximate surface area is 214 Å². The van der Waals surface area contributed by atoms with Crippen LogP contribution in [0.25, 0.3) is 17.3 Å². The summed E-state index contributed by atoms with van der Waals surface area (Å²) in [5.41, 5.74) is 0.842. The topological polar surface area (TPSA) is 93.7 Å². The summed E-state index contributed by atoms with van der Waals surface area (Å²) in [7, 11) is 1.63. The SMILES string of the molecule is COc1ccc(-n2c(SCC(=O)N3CCN(C(=O)C4CCCC4)C(C)C3)nnc2-c2ccco2)cc1. The van der Waals surface area contributed by atoms with Gasteiger partial charge in [0.15, 0.2) is 10.9 Å². The fraction of sp³-hybridized carbons (Fsp3) is 0.462. The second-order valence-corrected chi connectivity index (χ2v) is 10.2. The molecule has 0 bridgehead atoms. The predicted octanol–water partition coefficient (Wildman–Crippen LogP) is 3.88. The molecule has 10 heteroatoms. The highest BCUT2D eigenvalue weighted by molar-refractivity contribution is 7.99. The van der Waals surface area contributed by atoms with Gasteiger partial charge in [0.1, 0.15) is 5.75 Å². The van der Waals surface area contributed by atoms with E-state index >= 15 is 0 Å². The van der Waals surface area contributed by atoms with Crippen molar-refractivity contribution in [3.8, 4) is 23.0 Å². The van der Waals surface area contributed by atoms with Crippen LogP contribution in [0.4, 0.5) is 0 Å². The number of aromatic nitrogens is 3. The van der Waals surface area contributed by atoms with Gasteiger partial charge in [-0.3, -0.25) is 14.2 Å². The zero-order chi connectivity index (χ0) is 25.1. The van der Waals surface area contributed by atoms with Crippen molar-refractivity contribution in [1.82, 2.24) is 24.6 Å². The minimum Gasteiger partial charge on any atom is -0.497 e. The molecule has 5 rings (SSSR count). The second kappa shape index (κ2) is 10.8. The Bertz CT molecular complexity index is 1190. The fourth-order valence-electron chi connectivity index (χ4n) is 5.03. The molecule has 1 aliphatic carbocycles. The van der Waals surface area contributed by atoms with Gasteiger partial charge < -0.3 is 19.0 Å². The molecular weight excluding hydrogens is 478 g/mol. The van der Waals surface area contributed by atoms with Crippen LogP contribution >= 0.6 is 11.8 Å². The lowest BCUT2D eigenvalue weighted by Crippen LogP contribution is -2.56. The molecule has 0 N–H and O–H groups in total. The summed E-state index contributed by atoms with van der Waals surface area (Å²) in [6, 6.07) is 11.2. The van der Waals surface area contributed by atoms with Gasteiger partial charge in [0.25, 0.3) is 0 Å². The van der Waals surface area contributed by atoms with E-state index in [4.69, 9.17) is 9.15 Å². The average molecular weight is 510 g/mol. The van der Waals surface area contributed by atoms with E-state index in [0.29, 0.717) is 36.4 Å². The number of methoxy groups -OCH3 is 1. The second-order valence-electron chi connectivity index (χ2n) is 9.31.